The van der Waals surface area contributed by atoms with Crippen LogP contribution in [0.4, 0.5) is 5.95 Å². The summed E-state index contributed by atoms with van der Waals surface area (Å²) in [7, 11) is 0. The van der Waals surface area contributed by atoms with Crippen molar-refractivity contribution in [3.8, 4) is 0 Å². The maximum atomic E-state index is 9.12. The van der Waals surface area contributed by atoms with Gasteiger partial charge in [-0.25, -0.2) is 9.97 Å². The Balaban J connectivity index is 2.19. The zero-order chi connectivity index (χ0) is 13.2. The smallest absolute Gasteiger partial charge is 0.222 e. The summed E-state index contributed by atoms with van der Waals surface area (Å²) in [6, 6.07) is 0. The number of aromatic nitrogens is 4. The van der Waals surface area contributed by atoms with Gasteiger partial charge in [0.05, 0.1) is 31.3 Å². The summed E-state index contributed by atoms with van der Waals surface area (Å²) in [5.74, 6) is 0.174. The van der Waals surface area contributed by atoms with Gasteiger partial charge in [0, 0.05) is 6.54 Å². The first-order valence-corrected chi connectivity index (χ1v) is 5.52. The normalized spacial score (nSPS) is 12.2. The molecule has 0 aromatic carbocycles. The molecular weight excluding hydrogens is 236 g/mol. The highest BCUT2D eigenvalue weighted by Gasteiger charge is 2.23. The van der Waals surface area contributed by atoms with Crippen molar-refractivity contribution in [2.24, 2.45) is 5.73 Å². The lowest BCUT2D eigenvalue weighted by Gasteiger charge is -2.24. The van der Waals surface area contributed by atoms with E-state index in [1.165, 1.54) is 0 Å². The minimum absolute atomic E-state index is 0.174. The molecule has 0 atom stereocenters. The molecule has 8 nitrogen and oxygen atoms in total. The number of hydrogen-bond donors (Lipinski definition) is 4. The Morgan fingerprint density at radius 2 is 2.00 bits per heavy atom. The van der Waals surface area contributed by atoms with E-state index in [4.69, 9.17) is 21.7 Å². The minimum atomic E-state index is -1.00. The van der Waals surface area contributed by atoms with Crippen LogP contribution in [0.1, 0.15) is 6.42 Å². The molecule has 0 saturated heterocycles. The van der Waals surface area contributed by atoms with Crippen LogP contribution < -0.4 is 11.5 Å². The van der Waals surface area contributed by atoms with Gasteiger partial charge in [0.2, 0.25) is 5.95 Å². The lowest BCUT2D eigenvalue weighted by molar-refractivity contribution is 0.111. The Labute approximate surface area is 103 Å². The molecule has 0 bridgehead atoms. The van der Waals surface area contributed by atoms with E-state index in [1.807, 2.05) is 0 Å². The van der Waals surface area contributed by atoms with Crippen LogP contribution in [0, 0.1) is 0 Å². The molecule has 0 saturated carbocycles. The third kappa shape index (κ3) is 2.40. The van der Waals surface area contributed by atoms with E-state index in [9.17, 15) is 0 Å². The molecule has 2 rings (SSSR count). The van der Waals surface area contributed by atoms with Crippen molar-refractivity contribution >= 4 is 17.1 Å². The fraction of sp³-hybridized carbons (Fsp3) is 0.500. The van der Waals surface area contributed by atoms with Crippen LogP contribution in [0.3, 0.4) is 0 Å². The Kier molecular flexibility index (Phi) is 3.41. The number of hydrogen-bond acceptors (Lipinski definition) is 7. The van der Waals surface area contributed by atoms with Crippen LogP contribution in [0.5, 0.6) is 0 Å². The Hall–Kier alpha value is -1.77. The van der Waals surface area contributed by atoms with E-state index in [-0.39, 0.29) is 19.2 Å². The Bertz CT molecular complexity index is 536. The molecule has 2 aromatic heterocycles. The number of rotatable bonds is 5. The molecule has 2 aromatic rings. The van der Waals surface area contributed by atoms with Crippen molar-refractivity contribution < 1.29 is 10.2 Å². The highest BCUT2D eigenvalue weighted by molar-refractivity contribution is 5.70. The van der Waals surface area contributed by atoms with Crippen molar-refractivity contribution in [2.75, 3.05) is 18.9 Å². The summed E-state index contributed by atoms with van der Waals surface area (Å²) in [5, 5.41) is 18.2. The van der Waals surface area contributed by atoms with Crippen molar-refractivity contribution in [3.05, 3.63) is 12.5 Å². The van der Waals surface area contributed by atoms with Gasteiger partial charge in [0.25, 0.3) is 0 Å². The van der Waals surface area contributed by atoms with Gasteiger partial charge in [-0.1, -0.05) is 0 Å². The second-order valence-corrected chi connectivity index (χ2v) is 4.30. The molecule has 0 radical (unpaired) electrons. The summed E-state index contributed by atoms with van der Waals surface area (Å²) < 4.78 is 1.76. The van der Waals surface area contributed by atoms with Gasteiger partial charge in [-0.2, -0.15) is 4.98 Å². The van der Waals surface area contributed by atoms with E-state index in [1.54, 1.807) is 17.1 Å². The van der Waals surface area contributed by atoms with Crippen molar-refractivity contribution in [1.29, 1.82) is 0 Å². The highest BCUT2D eigenvalue weighted by atomic mass is 16.3. The third-order valence-corrected chi connectivity index (χ3v) is 2.86. The topological polar surface area (TPSA) is 136 Å². The van der Waals surface area contributed by atoms with Gasteiger partial charge >= 0.3 is 0 Å². The van der Waals surface area contributed by atoms with E-state index < -0.39 is 5.54 Å². The summed E-state index contributed by atoms with van der Waals surface area (Å²) in [6.07, 6.45) is 3.55. The van der Waals surface area contributed by atoms with Crippen molar-refractivity contribution in [2.45, 2.75) is 18.5 Å². The number of aliphatic hydroxyl groups excluding tert-OH is 2. The van der Waals surface area contributed by atoms with Gasteiger partial charge < -0.3 is 26.2 Å². The van der Waals surface area contributed by atoms with Crippen LogP contribution in [0.25, 0.3) is 11.2 Å². The van der Waals surface area contributed by atoms with Crippen molar-refractivity contribution in [1.82, 2.24) is 19.5 Å². The third-order valence-electron chi connectivity index (χ3n) is 2.86. The lowest BCUT2D eigenvalue weighted by Crippen LogP contribution is -2.48. The summed E-state index contributed by atoms with van der Waals surface area (Å²) in [6.45, 7) is -0.0922. The molecule has 0 unspecified atom stereocenters. The monoisotopic (exact) mass is 252 g/mol. The maximum Gasteiger partial charge on any atom is 0.222 e. The largest absolute Gasteiger partial charge is 0.394 e. The number of nitrogen functional groups attached to an aromatic ring is 1. The van der Waals surface area contributed by atoms with Gasteiger partial charge in [-0.05, 0) is 6.42 Å². The molecule has 0 spiro atoms. The highest BCUT2D eigenvalue weighted by Crippen LogP contribution is 2.13. The first-order chi connectivity index (χ1) is 8.58. The first-order valence-electron chi connectivity index (χ1n) is 5.52. The van der Waals surface area contributed by atoms with E-state index in [2.05, 4.69) is 15.0 Å². The number of aryl methyl sites for hydroxylation is 1. The zero-order valence-electron chi connectivity index (χ0n) is 9.82. The predicted octanol–water partition coefficient (Wildman–Crippen LogP) is -1.52. The first kappa shape index (κ1) is 12.7. The van der Waals surface area contributed by atoms with Gasteiger partial charge in [-0.3, -0.25) is 0 Å². The molecule has 18 heavy (non-hydrogen) atoms. The minimum Gasteiger partial charge on any atom is -0.394 e. The molecular formula is C10H16N6O2. The van der Waals surface area contributed by atoms with Gasteiger partial charge in [0.1, 0.15) is 5.52 Å². The fourth-order valence-corrected chi connectivity index (χ4v) is 1.58. The molecule has 0 fully saturated rings. The number of anilines is 1. The number of nitrogens with zero attached hydrogens (tertiary/aromatic N) is 4. The Morgan fingerprint density at radius 3 is 2.67 bits per heavy atom. The van der Waals surface area contributed by atoms with Crippen LogP contribution in [0.15, 0.2) is 12.5 Å². The summed E-state index contributed by atoms with van der Waals surface area (Å²) >= 11 is 0. The quantitative estimate of drug-likeness (QED) is 0.507. The number of fused-ring (bicyclic) bond motifs is 1. The number of imidazole rings is 1. The molecule has 98 valence electrons. The van der Waals surface area contributed by atoms with E-state index in [0.717, 1.165) is 0 Å². The lowest BCUT2D eigenvalue weighted by atomic mass is 9.99. The molecule has 0 aliphatic rings. The maximum absolute atomic E-state index is 9.12. The van der Waals surface area contributed by atoms with E-state index >= 15 is 0 Å². The molecule has 0 aliphatic heterocycles. The fourth-order valence-electron chi connectivity index (χ4n) is 1.58. The Morgan fingerprint density at radius 1 is 1.28 bits per heavy atom. The number of nitrogens with two attached hydrogens (primary N) is 2. The SMILES string of the molecule is Nc1ncc2ncn(CCC(N)(CO)CO)c2n1. The predicted molar refractivity (Wildman–Crippen MR) is 65.4 cm³/mol. The van der Waals surface area contributed by atoms with E-state index in [0.29, 0.717) is 24.1 Å². The van der Waals surface area contributed by atoms with Gasteiger partial charge in [0.15, 0.2) is 5.65 Å². The van der Waals surface area contributed by atoms with Crippen LogP contribution in [-0.2, 0) is 6.54 Å². The van der Waals surface area contributed by atoms with Crippen LogP contribution in [0.2, 0.25) is 0 Å². The summed E-state index contributed by atoms with van der Waals surface area (Å²) in [5.41, 5.74) is 11.6. The van der Waals surface area contributed by atoms with Crippen LogP contribution in [-0.4, -0.2) is 48.5 Å². The molecule has 8 heteroatoms. The molecule has 2 heterocycles. The van der Waals surface area contributed by atoms with Gasteiger partial charge in [-0.15, -0.1) is 0 Å². The van der Waals surface area contributed by atoms with Crippen molar-refractivity contribution in [3.63, 3.8) is 0 Å². The van der Waals surface area contributed by atoms with Crippen LogP contribution >= 0.6 is 0 Å². The molecule has 0 amide bonds. The second-order valence-electron chi connectivity index (χ2n) is 4.30. The average molecular weight is 252 g/mol. The molecule has 0 aliphatic carbocycles. The number of aliphatic hydroxyl groups is 2. The second kappa shape index (κ2) is 4.84. The molecule has 6 N–H and O–H groups in total. The average Bonchev–Trinajstić information content (AvgIpc) is 2.78. The standard InChI is InChI=1S/C10H16N6O2/c11-9-13-3-7-8(15-9)16(6-14-7)2-1-10(12,4-17)5-18/h3,6,17-18H,1-2,4-5,12H2,(H2,11,13,15). The summed E-state index contributed by atoms with van der Waals surface area (Å²) in [4.78, 5) is 12.1. The zero-order valence-corrected chi connectivity index (χ0v) is 9.82.